The van der Waals surface area contributed by atoms with Gasteiger partial charge in [-0.1, -0.05) is 72.8 Å². The fraction of sp³-hybridized carbons (Fsp3) is 0.368. The molecule has 0 saturated carbocycles. The number of carbonyl (C=O) groups excluding carboxylic acids is 2. The molecule has 7 heteroatoms. The Morgan fingerprint density at radius 1 is 0.911 bits per heavy atom. The molecule has 0 spiro atoms. The van der Waals surface area contributed by atoms with Gasteiger partial charge in [0.1, 0.15) is 23.2 Å². The molecule has 0 radical (unpaired) electrons. The SMILES string of the molecule is COC(=O)C(C)(C)Oc1cccc(C2C[C@H](CN(C(=O)OC(C)(C)C)[C@H](C)c3cccc4ccccc34)Oc3ccccc32)c1. The number of nitrogens with zero attached hydrogens (tertiary/aromatic N) is 1. The van der Waals surface area contributed by atoms with Crippen LogP contribution in [0.4, 0.5) is 4.79 Å². The van der Waals surface area contributed by atoms with E-state index in [-0.39, 0.29) is 24.2 Å². The first-order valence-corrected chi connectivity index (χ1v) is 15.5. The van der Waals surface area contributed by atoms with Gasteiger partial charge in [-0.25, -0.2) is 9.59 Å². The van der Waals surface area contributed by atoms with Crippen molar-refractivity contribution >= 4 is 22.8 Å². The lowest BCUT2D eigenvalue weighted by Crippen LogP contribution is -2.45. The minimum atomic E-state index is -1.14. The Kier molecular flexibility index (Phi) is 9.10. The average molecular weight is 610 g/mol. The van der Waals surface area contributed by atoms with E-state index in [0.717, 1.165) is 33.2 Å². The molecular formula is C38H43NO6. The molecule has 0 aromatic heterocycles. The summed E-state index contributed by atoms with van der Waals surface area (Å²) in [6.45, 7) is 11.4. The first kappa shape index (κ1) is 31.9. The van der Waals surface area contributed by atoms with Gasteiger partial charge in [0.25, 0.3) is 0 Å². The van der Waals surface area contributed by atoms with Gasteiger partial charge in [-0.2, -0.15) is 0 Å². The Bertz CT molecular complexity index is 1670. The molecule has 0 saturated heterocycles. The average Bonchev–Trinajstić information content (AvgIpc) is 3.01. The fourth-order valence-electron chi connectivity index (χ4n) is 6.01. The van der Waals surface area contributed by atoms with E-state index in [1.807, 2.05) is 82.3 Å². The van der Waals surface area contributed by atoms with Crippen molar-refractivity contribution in [1.29, 1.82) is 0 Å². The van der Waals surface area contributed by atoms with Crippen LogP contribution < -0.4 is 9.47 Å². The van der Waals surface area contributed by atoms with Crippen LogP contribution in [-0.2, 0) is 14.3 Å². The third-order valence-corrected chi connectivity index (χ3v) is 8.17. The number of rotatable bonds is 8. The zero-order chi connectivity index (χ0) is 32.4. The maximum atomic E-state index is 13.8. The Labute approximate surface area is 266 Å². The van der Waals surface area contributed by atoms with Crippen LogP contribution in [0.3, 0.4) is 0 Å². The van der Waals surface area contributed by atoms with Crippen molar-refractivity contribution in [3.8, 4) is 11.5 Å². The van der Waals surface area contributed by atoms with Gasteiger partial charge in [-0.05, 0) is 88.1 Å². The van der Waals surface area contributed by atoms with Crippen molar-refractivity contribution in [1.82, 2.24) is 4.90 Å². The number of esters is 1. The first-order valence-electron chi connectivity index (χ1n) is 15.5. The van der Waals surface area contributed by atoms with Crippen molar-refractivity contribution in [3.63, 3.8) is 0 Å². The Balaban J connectivity index is 1.48. The molecule has 0 fully saturated rings. The molecule has 1 aliphatic heterocycles. The first-order chi connectivity index (χ1) is 21.4. The highest BCUT2D eigenvalue weighted by Gasteiger charge is 2.36. The van der Waals surface area contributed by atoms with Crippen molar-refractivity contribution in [2.45, 2.75) is 77.2 Å². The van der Waals surface area contributed by atoms with E-state index in [1.165, 1.54) is 7.11 Å². The van der Waals surface area contributed by atoms with Crippen LogP contribution in [0.25, 0.3) is 10.8 Å². The van der Waals surface area contributed by atoms with Gasteiger partial charge in [0.05, 0.1) is 19.7 Å². The number of carbonyl (C=O) groups is 2. The molecule has 0 N–H and O–H groups in total. The minimum Gasteiger partial charge on any atom is -0.488 e. The molecule has 4 aromatic rings. The molecule has 1 amide bonds. The van der Waals surface area contributed by atoms with Crippen LogP contribution in [0.2, 0.25) is 0 Å². The van der Waals surface area contributed by atoms with Crippen LogP contribution >= 0.6 is 0 Å². The Hall–Kier alpha value is -4.52. The number of benzene rings is 4. The van der Waals surface area contributed by atoms with E-state index < -0.39 is 17.2 Å². The van der Waals surface area contributed by atoms with Crippen molar-refractivity contribution in [2.24, 2.45) is 0 Å². The lowest BCUT2D eigenvalue weighted by atomic mass is 9.84. The van der Waals surface area contributed by atoms with Gasteiger partial charge in [-0.3, -0.25) is 4.90 Å². The molecule has 5 rings (SSSR count). The highest BCUT2D eigenvalue weighted by molar-refractivity contribution is 5.86. The van der Waals surface area contributed by atoms with Crippen molar-refractivity contribution in [2.75, 3.05) is 13.7 Å². The zero-order valence-corrected chi connectivity index (χ0v) is 27.2. The van der Waals surface area contributed by atoms with Gasteiger partial charge in [0, 0.05) is 11.5 Å². The summed E-state index contributed by atoms with van der Waals surface area (Å²) in [5.74, 6) is 0.871. The number of methoxy groups -OCH3 is 1. The summed E-state index contributed by atoms with van der Waals surface area (Å²) in [7, 11) is 1.35. The van der Waals surface area contributed by atoms with E-state index in [1.54, 1.807) is 18.7 Å². The molecule has 1 unspecified atom stereocenters. The van der Waals surface area contributed by atoms with E-state index in [0.29, 0.717) is 18.7 Å². The normalized spacial score (nSPS) is 17.0. The maximum absolute atomic E-state index is 13.8. The second-order valence-corrected chi connectivity index (χ2v) is 13.1. The van der Waals surface area contributed by atoms with Crippen LogP contribution in [0.5, 0.6) is 11.5 Å². The van der Waals surface area contributed by atoms with Crippen LogP contribution in [0, 0.1) is 0 Å². The second kappa shape index (κ2) is 12.8. The smallest absolute Gasteiger partial charge is 0.410 e. The number of fused-ring (bicyclic) bond motifs is 2. The summed E-state index contributed by atoms with van der Waals surface area (Å²) < 4.78 is 23.5. The van der Waals surface area contributed by atoms with E-state index in [9.17, 15) is 9.59 Å². The highest BCUT2D eigenvalue weighted by atomic mass is 16.6. The van der Waals surface area contributed by atoms with Crippen molar-refractivity contribution < 1.29 is 28.5 Å². The molecule has 4 aromatic carbocycles. The molecule has 3 atom stereocenters. The molecule has 45 heavy (non-hydrogen) atoms. The number of hydrogen-bond donors (Lipinski definition) is 0. The summed E-state index contributed by atoms with van der Waals surface area (Å²) >= 11 is 0. The standard InChI is InChI=1S/C38H43NO6/c1-25(30-20-13-15-26-14-8-9-18-31(26)30)39(36(41)45-37(2,3)4)24-29-23-33(32-19-10-11-21-34(32)43-29)27-16-12-17-28(22-27)44-38(5,6)35(40)42-7/h8-22,25,29,33H,23-24H2,1-7H3/t25-,29-,33?/m1/s1. The minimum absolute atomic E-state index is 0.0295. The fourth-order valence-corrected chi connectivity index (χ4v) is 6.01. The quantitative estimate of drug-likeness (QED) is 0.187. The molecule has 0 aliphatic carbocycles. The number of ether oxygens (including phenoxy) is 4. The van der Waals surface area contributed by atoms with Gasteiger partial charge in [0.15, 0.2) is 5.60 Å². The third kappa shape index (κ3) is 7.25. The largest absolute Gasteiger partial charge is 0.488 e. The lowest BCUT2D eigenvalue weighted by Gasteiger charge is -2.38. The summed E-state index contributed by atoms with van der Waals surface area (Å²) in [4.78, 5) is 27.9. The molecule has 1 heterocycles. The number of amides is 1. The Morgan fingerprint density at radius 2 is 1.60 bits per heavy atom. The third-order valence-electron chi connectivity index (χ3n) is 8.17. The second-order valence-electron chi connectivity index (χ2n) is 13.1. The summed E-state index contributed by atoms with van der Waals surface area (Å²) in [5.41, 5.74) is 1.33. The van der Waals surface area contributed by atoms with Gasteiger partial charge < -0.3 is 18.9 Å². The van der Waals surface area contributed by atoms with Gasteiger partial charge >= 0.3 is 12.1 Å². The molecular weight excluding hydrogens is 566 g/mol. The summed E-state index contributed by atoms with van der Waals surface area (Å²) in [6, 6.07) is 29.9. The molecule has 1 aliphatic rings. The van der Waals surface area contributed by atoms with Crippen LogP contribution in [0.15, 0.2) is 91.0 Å². The van der Waals surface area contributed by atoms with E-state index in [2.05, 4.69) is 36.4 Å². The van der Waals surface area contributed by atoms with E-state index in [4.69, 9.17) is 18.9 Å². The zero-order valence-electron chi connectivity index (χ0n) is 27.2. The summed E-state index contributed by atoms with van der Waals surface area (Å²) in [5, 5.41) is 2.21. The van der Waals surface area contributed by atoms with Crippen LogP contribution in [-0.4, -0.2) is 47.9 Å². The molecule has 7 nitrogen and oxygen atoms in total. The summed E-state index contributed by atoms with van der Waals surface area (Å²) in [6.07, 6.45) is -0.0732. The van der Waals surface area contributed by atoms with Crippen molar-refractivity contribution in [3.05, 3.63) is 108 Å². The Morgan fingerprint density at radius 3 is 2.36 bits per heavy atom. The monoisotopic (exact) mass is 609 g/mol. The van der Waals surface area contributed by atoms with Gasteiger partial charge in [0.2, 0.25) is 0 Å². The predicted molar refractivity (Wildman–Crippen MR) is 176 cm³/mol. The topological polar surface area (TPSA) is 74.3 Å². The van der Waals surface area contributed by atoms with Crippen LogP contribution in [0.1, 0.15) is 76.6 Å². The predicted octanol–water partition coefficient (Wildman–Crippen LogP) is 8.45. The van der Waals surface area contributed by atoms with E-state index >= 15 is 0 Å². The number of hydrogen-bond acceptors (Lipinski definition) is 6. The molecule has 236 valence electrons. The maximum Gasteiger partial charge on any atom is 0.410 e. The van der Waals surface area contributed by atoms with Gasteiger partial charge in [-0.15, -0.1) is 0 Å². The molecule has 0 bridgehead atoms. The number of para-hydroxylation sites is 1. The lowest BCUT2D eigenvalue weighted by molar-refractivity contribution is -0.156. The highest BCUT2D eigenvalue weighted by Crippen LogP contribution is 2.42.